The number of benzene rings is 1. The standard InChI is InChI=1S/C25H38N4O4/c1-2-33-25(32)29-17-15-27(16-18-29)22-7-11-26(12-8-22)21-5-3-20(4-6-21)19-24(31)28-13-9-23(30)10-14-28/h3-6,22-23,30H,2,7-19H2,1H3. The van der Waals surface area contributed by atoms with Gasteiger partial charge in [-0.05, 0) is 50.3 Å². The monoisotopic (exact) mass is 458 g/mol. The van der Waals surface area contributed by atoms with E-state index in [0.29, 0.717) is 45.0 Å². The van der Waals surface area contributed by atoms with E-state index in [0.717, 1.165) is 57.7 Å². The minimum absolute atomic E-state index is 0.151. The third kappa shape index (κ3) is 6.18. The van der Waals surface area contributed by atoms with E-state index in [-0.39, 0.29) is 18.1 Å². The van der Waals surface area contributed by atoms with Gasteiger partial charge < -0.3 is 24.5 Å². The zero-order valence-electron chi connectivity index (χ0n) is 19.8. The van der Waals surface area contributed by atoms with Gasteiger partial charge in [-0.3, -0.25) is 9.69 Å². The van der Waals surface area contributed by atoms with E-state index in [1.807, 2.05) is 16.7 Å². The molecule has 1 aromatic rings. The van der Waals surface area contributed by atoms with Crippen LogP contribution in [0.2, 0.25) is 0 Å². The fourth-order valence-corrected chi connectivity index (χ4v) is 5.20. The highest BCUT2D eigenvalue weighted by Gasteiger charge is 2.29. The molecule has 0 saturated carbocycles. The number of nitrogens with zero attached hydrogens (tertiary/aromatic N) is 4. The van der Waals surface area contributed by atoms with E-state index in [1.54, 1.807) is 0 Å². The number of hydrogen-bond acceptors (Lipinski definition) is 6. The highest BCUT2D eigenvalue weighted by atomic mass is 16.6. The number of amides is 2. The zero-order chi connectivity index (χ0) is 23.2. The van der Waals surface area contributed by atoms with Gasteiger partial charge in [-0.15, -0.1) is 0 Å². The van der Waals surface area contributed by atoms with Crippen molar-refractivity contribution in [2.24, 2.45) is 0 Å². The second-order valence-corrected chi connectivity index (χ2v) is 9.40. The minimum atomic E-state index is -0.258. The molecule has 1 aromatic carbocycles. The number of piperidine rings is 2. The van der Waals surface area contributed by atoms with Gasteiger partial charge in [0, 0.05) is 64.1 Å². The molecule has 4 rings (SSSR count). The molecule has 3 aliphatic heterocycles. The summed E-state index contributed by atoms with van der Waals surface area (Å²) < 4.78 is 5.12. The number of anilines is 1. The molecule has 3 heterocycles. The third-order valence-corrected chi connectivity index (χ3v) is 7.30. The number of piperazine rings is 1. The van der Waals surface area contributed by atoms with Gasteiger partial charge in [0.1, 0.15) is 0 Å². The van der Waals surface area contributed by atoms with Crippen molar-refractivity contribution in [1.29, 1.82) is 0 Å². The van der Waals surface area contributed by atoms with Gasteiger partial charge in [-0.25, -0.2) is 4.79 Å². The molecule has 0 bridgehead atoms. The maximum absolute atomic E-state index is 12.5. The molecule has 0 atom stereocenters. The lowest BCUT2D eigenvalue weighted by Gasteiger charge is -2.43. The Morgan fingerprint density at radius 2 is 1.52 bits per heavy atom. The average molecular weight is 459 g/mol. The summed E-state index contributed by atoms with van der Waals surface area (Å²) in [6.45, 7) is 8.97. The number of rotatable bonds is 5. The van der Waals surface area contributed by atoms with Crippen LogP contribution < -0.4 is 4.90 Å². The molecule has 0 aromatic heterocycles. The highest BCUT2D eigenvalue weighted by Crippen LogP contribution is 2.24. The Bertz CT molecular complexity index is 778. The molecule has 8 heteroatoms. The highest BCUT2D eigenvalue weighted by molar-refractivity contribution is 5.79. The Morgan fingerprint density at radius 3 is 2.12 bits per heavy atom. The number of aliphatic hydroxyl groups excluding tert-OH is 1. The van der Waals surface area contributed by atoms with Crippen LogP contribution >= 0.6 is 0 Å². The summed E-state index contributed by atoms with van der Waals surface area (Å²) in [5.74, 6) is 0.151. The van der Waals surface area contributed by atoms with E-state index in [1.165, 1.54) is 5.69 Å². The molecule has 8 nitrogen and oxygen atoms in total. The second-order valence-electron chi connectivity index (χ2n) is 9.40. The van der Waals surface area contributed by atoms with Gasteiger partial charge in [0.15, 0.2) is 0 Å². The summed E-state index contributed by atoms with van der Waals surface area (Å²) in [4.78, 5) is 33.1. The largest absolute Gasteiger partial charge is 0.450 e. The van der Waals surface area contributed by atoms with E-state index in [2.05, 4.69) is 34.1 Å². The van der Waals surface area contributed by atoms with Crippen molar-refractivity contribution in [3.8, 4) is 0 Å². The second kappa shape index (κ2) is 11.2. The predicted molar refractivity (Wildman–Crippen MR) is 127 cm³/mol. The predicted octanol–water partition coefficient (Wildman–Crippen LogP) is 1.96. The number of hydrogen-bond donors (Lipinski definition) is 1. The fourth-order valence-electron chi connectivity index (χ4n) is 5.20. The van der Waals surface area contributed by atoms with Crippen molar-refractivity contribution in [3.63, 3.8) is 0 Å². The van der Waals surface area contributed by atoms with E-state index in [9.17, 15) is 14.7 Å². The van der Waals surface area contributed by atoms with Crippen LogP contribution in [-0.2, 0) is 16.0 Å². The van der Waals surface area contributed by atoms with Crippen LogP contribution in [0.4, 0.5) is 10.5 Å². The van der Waals surface area contributed by atoms with Crippen molar-refractivity contribution in [3.05, 3.63) is 29.8 Å². The lowest BCUT2D eigenvalue weighted by molar-refractivity contribution is -0.132. The number of aliphatic hydroxyl groups is 1. The summed E-state index contributed by atoms with van der Waals surface area (Å²) in [7, 11) is 0. The summed E-state index contributed by atoms with van der Waals surface area (Å²) in [6.07, 6.45) is 3.60. The molecule has 3 aliphatic rings. The molecule has 3 fully saturated rings. The van der Waals surface area contributed by atoms with Crippen molar-refractivity contribution >= 4 is 17.7 Å². The van der Waals surface area contributed by atoms with E-state index in [4.69, 9.17) is 4.74 Å². The molecule has 3 saturated heterocycles. The summed E-state index contributed by atoms with van der Waals surface area (Å²) in [5.41, 5.74) is 2.27. The molecule has 0 radical (unpaired) electrons. The van der Waals surface area contributed by atoms with E-state index < -0.39 is 0 Å². The Hall–Kier alpha value is -2.32. The normalized spacial score (nSPS) is 21.3. The van der Waals surface area contributed by atoms with Crippen LogP contribution in [0, 0.1) is 0 Å². The van der Waals surface area contributed by atoms with Gasteiger partial charge in [0.2, 0.25) is 5.91 Å². The van der Waals surface area contributed by atoms with Gasteiger partial charge in [-0.2, -0.15) is 0 Å². The van der Waals surface area contributed by atoms with Crippen LogP contribution in [0.3, 0.4) is 0 Å². The molecule has 1 N–H and O–H groups in total. The SMILES string of the molecule is CCOC(=O)N1CCN(C2CCN(c3ccc(CC(=O)N4CCC(O)CC4)cc3)CC2)CC1. The van der Waals surface area contributed by atoms with Crippen molar-refractivity contribution in [1.82, 2.24) is 14.7 Å². The van der Waals surface area contributed by atoms with Crippen LogP contribution in [-0.4, -0.2) is 103 Å². The maximum atomic E-state index is 12.5. The maximum Gasteiger partial charge on any atom is 0.409 e. The van der Waals surface area contributed by atoms with Gasteiger partial charge in [0.05, 0.1) is 19.1 Å². The zero-order valence-corrected chi connectivity index (χ0v) is 19.8. The van der Waals surface area contributed by atoms with Gasteiger partial charge in [-0.1, -0.05) is 12.1 Å². The van der Waals surface area contributed by atoms with Crippen LogP contribution in [0.15, 0.2) is 24.3 Å². The third-order valence-electron chi connectivity index (χ3n) is 7.30. The topological polar surface area (TPSA) is 76.6 Å². The smallest absolute Gasteiger partial charge is 0.409 e. The number of likely N-dealkylation sites (tertiary alicyclic amines) is 1. The van der Waals surface area contributed by atoms with Crippen molar-refractivity contribution in [2.45, 2.75) is 51.2 Å². The molecule has 33 heavy (non-hydrogen) atoms. The molecule has 2 amide bonds. The Morgan fingerprint density at radius 1 is 0.879 bits per heavy atom. The first-order valence-electron chi connectivity index (χ1n) is 12.5. The van der Waals surface area contributed by atoms with Crippen LogP contribution in [0.25, 0.3) is 0 Å². The average Bonchev–Trinajstić information content (AvgIpc) is 2.85. The molecule has 0 unspecified atom stereocenters. The summed E-state index contributed by atoms with van der Waals surface area (Å²) in [5, 5.41) is 9.63. The molecule has 0 spiro atoms. The van der Waals surface area contributed by atoms with Crippen LogP contribution in [0.1, 0.15) is 38.2 Å². The molecule has 0 aliphatic carbocycles. The Balaban J connectivity index is 1.21. The van der Waals surface area contributed by atoms with E-state index >= 15 is 0 Å². The summed E-state index contributed by atoms with van der Waals surface area (Å²) >= 11 is 0. The fraction of sp³-hybridized carbons (Fsp3) is 0.680. The lowest BCUT2D eigenvalue weighted by Crippen LogP contribution is -2.54. The minimum Gasteiger partial charge on any atom is -0.450 e. The Labute approximate surface area is 197 Å². The van der Waals surface area contributed by atoms with Crippen LogP contribution in [0.5, 0.6) is 0 Å². The number of carbonyl (C=O) groups is 2. The van der Waals surface area contributed by atoms with Crippen molar-refractivity contribution in [2.75, 3.05) is 63.9 Å². The molecular formula is C25H38N4O4. The summed E-state index contributed by atoms with van der Waals surface area (Å²) in [6, 6.07) is 9.01. The first kappa shape index (κ1) is 23.8. The lowest BCUT2D eigenvalue weighted by atomic mass is 10.0. The first-order chi connectivity index (χ1) is 16.0. The molecular weight excluding hydrogens is 420 g/mol. The van der Waals surface area contributed by atoms with Gasteiger partial charge >= 0.3 is 6.09 Å². The number of carbonyl (C=O) groups excluding carboxylic acids is 2. The van der Waals surface area contributed by atoms with Gasteiger partial charge in [0.25, 0.3) is 0 Å². The Kier molecular flexibility index (Phi) is 8.09. The quantitative estimate of drug-likeness (QED) is 0.727. The molecule has 182 valence electrons. The first-order valence-corrected chi connectivity index (χ1v) is 12.5. The number of ether oxygens (including phenoxy) is 1. The van der Waals surface area contributed by atoms with Crippen molar-refractivity contribution < 1.29 is 19.4 Å².